The molecule has 0 saturated carbocycles. The normalized spacial score (nSPS) is 10.7. The number of unbranched alkanes of at least 4 members (excludes halogenated alkanes) is 1. The number of hydrazone groups is 1. The van der Waals surface area contributed by atoms with E-state index in [-0.39, 0.29) is 10.8 Å². The second kappa shape index (κ2) is 8.19. The summed E-state index contributed by atoms with van der Waals surface area (Å²) in [4.78, 5) is 0. The number of benzene rings is 1. The highest BCUT2D eigenvalue weighted by Crippen LogP contribution is 2.29. The Hall–Kier alpha value is -1.04. The average molecular weight is 320 g/mol. The van der Waals surface area contributed by atoms with Crippen LogP contribution in [0.5, 0.6) is 5.75 Å². The third kappa shape index (κ3) is 5.63. The monoisotopic (exact) mass is 319 g/mol. The zero-order valence-electron chi connectivity index (χ0n) is 10.4. The Bertz CT molecular complexity index is 480. The Morgan fingerprint density at radius 3 is 2.89 bits per heavy atom. The molecule has 1 rings (SSSR count). The largest absolute Gasteiger partial charge is 0.506 e. The number of nitrogens with one attached hydrogen (secondary N) is 2. The van der Waals surface area contributed by atoms with Crippen molar-refractivity contribution in [1.82, 2.24) is 10.7 Å². The lowest BCUT2D eigenvalue weighted by atomic mass is 10.2. The van der Waals surface area contributed by atoms with Crippen molar-refractivity contribution in [2.45, 2.75) is 19.8 Å². The third-order valence-electron chi connectivity index (χ3n) is 2.24. The van der Waals surface area contributed by atoms with Gasteiger partial charge in [0.2, 0.25) is 0 Å². The smallest absolute Gasteiger partial charge is 0.186 e. The van der Waals surface area contributed by atoms with Crippen molar-refractivity contribution in [3.63, 3.8) is 0 Å². The van der Waals surface area contributed by atoms with Gasteiger partial charge in [0.15, 0.2) is 5.11 Å². The zero-order chi connectivity index (χ0) is 14.3. The molecule has 0 radical (unpaired) electrons. The quantitative estimate of drug-likeness (QED) is 0.337. The first kappa shape index (κ1) is 16.0. The molecule has 0 heterocycles. The van der Waals surface area contributed by atoms with E-state index < -0.39 is 0 Å². The summed E-state index contributed by atoms with van der Waals surface area (Å²) in [5.41, 5.74) is 3.07. The maximum atomic E-state index is 9.70. The van der Waals surface area contributed by atoms with Crippen LogP contribution in [0.25, 0.3) is 0 Å². The fraction of sp³-hybridized carbons (Fsp3) is 0.333. The molecule has 7 heteroatoms. The van der Waals surface area contributed by atoms with Gasteiger partial charge in [-0.25, -0.2) is 0 Å². The van der Waals surface area contributed by atoms with Crippen LogP contribution in [0.2, 0.25) is 10.0 Å². The van der Waals surface area contributed by atoms with Crippen LogP contribution in [0.1, 0.15) is 25.3 Å². The van der Waals surface area contributed by atoms with Crippen molar-refractivity contribution >= 4 is 46.7 Å². The predicted octanol–water partition coefficient (Wildman–Crippen LogP) is 3.30. The number of halogens is 2. The maximum Gasteiger partial charge on any atom is 0.186 e. The Morgan fingerprint density at radius 1 is 1.47 bits per heavy atom. The van der Waals surface area contributed by atoms with Gasteiger partial charge in [0.25, 0.3) is 0 Å². The maximum absolute atomic E-state index is 9.70. The van der Waals surface area contributed by atoms with E-state index in [9.17, 15) is 5.11 Å². The van der Waals surface area contributed by atoms with Crippen LogP contribution in [0.15, 0.2) is 17.2 Å². The number of hydrogen-bond acceptors (Lipinski definition) is 3. The summed E-state index contributed by atoms with van der Waals surface area (Å²) < 4.78 is 0. The minimum absolute atomic E-state index is 0.0681. The van der Waals surface area contributed by atoms with Gasteiger partial charge in [0, 0.05) is 17.1 Å². The number of phenols is 1. The van der Waals surface area contributed by atoms with Gasteiger partial charge in [0.05, 0.1) is 11.2 Å². The van der Waals surface area contributed by atoms with Crippen LogP contribution in [0.4, 0.5) is 0 Å². The summed E-state index contributed by atoms with van der Waals surface area (Å²) >= 11 is 16.6. The van der Waals surface area contributed by atoms with E-state index in [0.717, 1.165) is 19.4 Å². The van der Waals surface area contributed by atoms with Gasteiger partial charge in [0.1, 0.15) is 5.75 Å². The zero-order valence-corrected chi connectivity index (χ0v) is 12.7. The first-order chi connectivity index (χ1) is 9.04. The highest BCUT2D eigenvalue weighted by atomic mass is 35.5. The van der Waals surface area contributed by atoms with Crippen molar-refractivity contribution in [1.29, 1.82) is 0 Å². The molecular formula is C12H15Cl2N3OS. The minimum atomic E-state index is -0.0681. The molecular weight excluding hydrogens is 305 g/mol. The van der Waals surface area contributed by atoms with E-state index >= 15 is 0 Å². The molecule has 0 fully saturated rings. The number of nitrogens with zero attached hydrogens (tertiary/aromatic N) is 1. The van der Waals surface area contributed by atoms with Gasteiger partial charge in [-0.1, -0.05) is 36.5 Å². The topological polar surface area (TPSA) is 56.7 Å². The van der Waals surface area contributed by atoms with E-state index in [1.54, 1.807) is 6.07 Å². The summed E-state index contributed by atoms with van der Waals surface area (Å²) in [7, 11) is 0. The first-order valence-electron chi connectivity index (χ1n) is 5.79. The number of aromatic hydroxyl groups is 1. The van der Waals surface area contributed by atoms with Crippen LogP contribution in [-0.4, -0.2) is 23.0 Å². The van der Waals surface area contributed by atoms with Crippen LogP contribution < -0.4 is 10.7 Å². The van der Waals surface area contributed by atoms with E-state index in [0.29, 0.717) is 15.7 Å². The van der Waals surface area contributed by atoms with Crippen LogP contribution >= 0.6 is 35.4 Å². The summed E-state index contributed by atoms with van der Waals surface area (Å²) in [6.45, 7) is 2.90. The average Bonchev–Trinajstić information content (AvgIpc) is 2.35. The summed E-state index contributed by atoms with van der Waals surface area (Å²) in [6.07, 6.45) is 3.53. The molecule has 104 valence electrons. The van der Waals surface area contributed by atoms with Gasteiger partial charge in [-0.05, 0) is 30.8 Å². The summed E-state index contributed by atoms with van der Waals surface area (Å²) in [5, 5.41) is 17.6. The molecule has 3 N–H and O–H groups in total. The fourth-order valence-corrected chi connectivity index (χ4v) is 1.93. The Morgan fingerprint density at radius 2 is 2.21 bits per heavy atom. The first-order valence-corrected chi connectivity index (χ1v) is 6.96. The lowest BCUT2D eigenvalue weighted by Gasteiger charge is -2.06. The third-order valence-corrected chi connectivity index (χ3v) is 2.99. The van der Waals surface area contributed by atoms with Crippen molar-refractivity contribution in [3.8, 4) is 5.75 Å². The molecule has 0 bridgehead atoms. The molecule has 0 aromatic heterocycles. The Kier molecular flexibility index (Phi) is 6.91. The van der Waals surface area contributed by atoms with Crippen LogP contribution in [-0.2, 0) is 0 Å². The molecule has 0 aliphatic heterocycles. The lowest BCUT2D eigenvalue weighted by molar-refractivity contribution is 0.474. The number of rotatable bonds is 5. The van der Waals surface area contributed by atoms with Gasteiger partial charge in [-0.15, -0.1) is 0 Å². The highest BCUT2D eigenvalue weighted by Gasteiger charge is 2.05. The van der Waals surface area contributed by atoms with E-state index in [2.05, 4.69) is 22.8 Å². The molecule has 0 spiro atoms. The van der Waals surface area contributed by atoms with E-state index in [4.69, 9.17) is 35.4 Å². The van der Waals surface area contributed by atoms with E-state index in [1.807, 2.05) is 0 Å². The Balaban J connectivity index is 2.55. The fourth-order valence-electron chi connectivity index (χ4n) is 1.26. The summed E-state index contributed by atoms with van der Waals surface area (Å²) in [6, 6.07) is 3.02. The van der Waals surface area contributed by atoms with Crippen molar-refractivity contribution in [3.05, 3.63) is 27.7 Å². The molecule has 0 amide bonds. The molecule has 0 atom stereocenters. The molecule has 1 aromatic rings. The second-order valence-electron chi connectivity index (χ2n) is 3.80. The van der Waals surface area contributed by atoms with Crippen LogP contribution in [0.3, 0.4) is 0 Å². The molecule has 0 aliphatic rings. The summed E-state index contributed by atoms with van der Waals surface area (Å²) in [5.74, 6) is -0.0681. The van der Waals surface area contributed by atoms with Gasteiger partial charge in [-0.3, -0.25) is 5.43 Å². The molecule has 1 aromatic carbocycles. The van der Waals surface area contributed by atoms with E-state index in [1.165, 1.54) is 12.3 Å². The van der Waals surface area contributed by atoms with Gasteiger partial charge in [-0.2, -0.15) is 5.10 Å². The Labute approximate surface area is 127 Å². The van der Waals surface area contributed by atoms with Gasteiger partial charge < -0.3 is 10.4 Å². The molecule has 0 unspecified atom stereocenters. The molecule has 4 nitrogen and oxygen atoms in total. The SMILES string of the molecule is CCCCNC(=S)NN=Cc1cc(Cl)cc(Cl)c1O. The minimum Gasteiger partial charge on any atom is -0.506 e. The van der Waals surface area contributed by atoms with Crippen molar-refractivity contribution < 1.29 is 5.11 Å². The predicted molar refractivity (Wildman–Crippen MR) is 84.4 cm³/mol. The van der Waals surface area contributed by atoms with Crippen molar-refractivity contribution in [2.24, 2.45) is 5.10 Å². The van der Waals surface area contributed by atoms with Crippen molar-refractivity contribution in [2.75, 3.05) is 6.54 Å². The van der Waals surface area contributed by atoms with Gasteiger partial charge >= 0.3 is 0 Å². The standard InChI is InChI=1S/C12H15Cl2N3OS/c1-2-3-4-15-12(19)17-16-7-8-5-9(13)6-10(14)11(8)18/h5-7,18H,2-4H2,1H3,(H2,15,17,19). The number of hydrogen-bond donors (Lipinski definition) is 3. The molecule has 0 aliphatic carbocycles. The number of phenolic OH excluding ortho intramolecular Hbond substituents is 1. The van der Waals surface area contributed by atoms with Crippen LogP contribution in [0, 0.1) is 0 Å². The molecule has 19 heavy (non-hydrogen) atoms. The molecule has 0 saturated heterocycles. The second-order valence-corrected chi connectivity index (χ2v) is 5.06. The highest BCUT2D eigenvalue weighted by molar-refractivity contribution is 7.80. The lowest BCUT2D eigenvalue weighted by Crippen LogP contribution is -2.32. The number of thiocarbonyl (C=S) groups is 1.